The van der Waals surface area contributed by atoms with Gasteiger partial charge in [0.2, 0.25) is 10.0 Å². The fourth-order valence-corrected chi connectivity index (χ4v) is 3.66. The molecule has 2 rings (SSSR count). The zero-order valence-electron chi connectivity index (χ0n) is 11.6. The molecule has 0 atom stereocenters. The van der Waals surface area contributed by atoms with E-state index in [2.05, 4.69) is 4.90 Å². The molecule has 1 aliphatic rings. The second-order valence-electron chi connectivity index (χ2n) is 4.98. The van der Waals surface area contributed by atoms with E-state index in [9.17, 15) is 8.42 Å². The number of likely N-dealkylation sites (tertiary alicyclic amines) is 1. The maximum absolute atomic E-state index is 12.5. The summed E-state index contributed by atoms with van der Waals surface area (Å²) in [6.45, 7) is 3.28. The van der Waals surface area contributed by atoms with Gasteiger partial charge in [-0.15, -0.1) is 0 Å². The van der Waals surface area contributed by atoms with Crippen LogP contribution >= 0.6 is 0 Å². The summed E-state index contributed by atoms with van der Waals surface area (Å²) in [6.07, 6.45) is 2.38. The van der Waals surface area contributed by atoms with Crippen LogP contribution in [0.3, 0.4) is 0 Å². The molecule has 0 spiro atoms. The van der Waals surface area contributed by atoms with Crippen LogP contribution in [0.5, 0.6) is 0 Å². The summed E-state index contributed by atoms with van der Waals surface area (Å²) < 4.78 is 26.3. The molecule has 0 unspecified atom stereocenters. The Morgan fingerprint density at radius 2 is 1.95 bits per heavy atom. The Bertz CT molecular complexity index is 601. The van der Waals surface area contributed by atoms with Gasteiger partial charge in [-0.25, -0.2) is 8.42 Å². The Morgan fingerprint density at radius 1 is 1.30 bits per heavy atom. The van der Waals surface area contributed by atoms with Gasteiger partial charge in [0.05, 0.1) is 10.5 Å². The van der Waals surface area contributed by atoms with E-state index in [1.54, 1.807) is 19.2 Å². The van der Waals surface area contributed by atoms with Crippen molar-refractivity contribution in [2.75, 3.05) is 33.2 Å². The lowest BCUT2D eigenvalue weighted by Crippen LogP contribution is -2.35. The Morgan fingerprint density at radius 3 is 2.60 bits per heavy atom. The summed E-state index contributed by atoms with van der Waals surface area (Å²) in [4.78, 5) is 2.36. The van der Waals surface area contributed by atoms with Crippen molar-refractivity contribution in [2.24, 2.45) is 0 Å². The van der Waals surface area contributed by atoms with Crippen LogP contribution in [0.1, 0.15) is 18.4 Å². The Labute approximate surface area is 120 Å². The molecule has 1 aromatic rings. The first-order chi connectivity index (χ1) is 9.55. The number of nitrogens with zero attached hydrogens (tertiary/aromatic N) is 3. The molecule has 0 aliphatic carbocycles. The highest BCUT2D eigenvalue weighted by Crippen LogP contribution is 2.18. The summed E-state index contributed by atoms with van der Waals surface area (Å²) in [6, 6.07) is 8.26. The van der Waals surface area contributed by atoms with Crippen LogP contribution in [0.2, 0.25) is 0 Å². The normalized spacial score (nSPS) is 16.4. The van der Waals surface area contributed by atoms with E-state index in [0.717, 1.165) is 19.6 Å². The number of benzene rings is 1. The maximum atomic E-state index is 12.5. The molecule has 1 fully saturated rings. The van der Waals surface area contributed by atoms with E-state index in [4.69, 9.17) is 5.26 Å². The number of likely N-dealkylation sites (N-methyl/N-ethyl adjacent to an activating group) is 1. The standard InChI is InChI=1S/C14H19N3O2S/c1-16(10-11-17-8-4-5-9-17)20(18,19)14-7-3-2-6-13(14)12-15/h2-3,6-7H,4-5,8-11H2,1H3. The summed E-state index contributed by atoms with van der Waals surface area (Å²) in [5.74, 6) is 0. The highest BCUT2D eigenvalue weighted by atomic mass is 32.2. The lowest BCUT2D eigenvalue weighted by Gasteiger charge is -2.21. The molecule has 1 heterocycles. The number of hydrogen-bond donors (Lipinski definition) is 0. The Kier molecular flexibility index (Phi) is 4.76. The first-order valence-corrected chi connectivity index (χ1v) is 8.17. The van der Waals surface area contributed by atoms with Crippen molar-refractivity contribution < 1.29 is 8.42 Å². The van der Waals surface area contributed by atoms with Gasteiger partial charge < -0.3 is 4.90 Å². The topological polar surface area (TPSA) is 64.4 Å². The highest BCUT2D eigenvalue weighted by molar-refractivity contribution is 7.89. The fourth-order valence-electron chi connectivity index (χ4n) is 2.36. The van der Waals surface area contributed by atoms with Crippen LogP contribution in [0.15, 0.2) is 29.2 Å². The molecular weight excluding hydrogens is 274 g/mol. The zero-order valence-corrected chi connectivity index (χ0v) is 12.4. The van der Waals surface area contributed by atoms with Gasteiger partial charge in [-0.05, 0) is 38.1 Å². The molecule has 0 bridgehead atoms. The molecule has 1 aromatic carbocycles. The molecule has 6 heteroatoms. The van der Waals surface area contributed by atoms with Gasteiger partial charge in [0.25, 0.3) is 0 Å². The van der Waals surface area contributed by atoms with Crippen molar-refractivity contribution in [3.05, 3.63) is 29.8 Å². The fraction of sp³-hybridized carbons (Fsp3) is 0.500. The van der Waals surface area contributed by atoms with Crippen molar-refractivity contribution in [2.45, 2.75) is 17.7 Å². The maximum Gasteiger partial charge on any atom is 0.244 e. The van der Waals surface area contributed by atoms with Gasteiger partial charge in [-0.3, -0.25) is 0 Å². The summed E-state index contributed by atoms with van der Waals surface area (Å²) in [7, 11) is -2.02. The quantitative estimate of drug-likeness (QED) is 0.820. The number of rotatable bonds is 5. The summed E-state index contributed by atoms with van der Waals surface area (Å²) >= 11 is 0. The SMILES string of the molecule is CN(CCN1CCCC1)S(=O)(=O)c1ccccc1C#N. The molecule has 0 aromatic heterocycles. The molecular formula is C14H19N3O2S. The highest BCUT2D eigenvalue weighted by Gasteiger charge is 2.24. The number of nitriles is 1. The monoisotopic (exact) mass is 293 g/mol. The zero-order chi connectivity index (χ0) is 14.6. The Hall–Kier alpha value is -1.42. The first kappa shape index (κ1) is 15.0. The van der Waals surface area contributed by atoms with Gasteiger partial charge in [-0.1, -0.05) is 12.1 Å². The van der Waals surface area contributed by atoms with E-state index in [1.165, 1.54) is 29.3 Å². The third-order valence-electron chi connectivity index (χ3n) is 3.63. The minimum absolute atomic E-state index is 0.0893. The average molecular weight is 293 g/mol. The van der Waals surface area contributed by atoms with E-state index in [-0.39, 0.29) is 10.5 Å². The molecule has 0 saturated carbocycles. The van der Waals surface area contributed by atoms with Gasteiger partial charge in [-0.2, -0.15) is 9.57 Å². The number of hydrogen-bond acceptors (Lipinski definition) is 4. The average Bonchev–Trinajstić information content (AvgIpc) is 2.97. The van der Waals surface area contributed by atoms with Gasteiger partial charge >= 0.3 is 0 Å². The Balaban J connectivity index is 2.10. The van der Waals surface area contributed by atoms with Crippen LogP contribution in [0.4, 0.5) is 0 Å². The van der Waals surface area contributed by atoms with Crippen LogP contribution < -0.4 is 0 Å². The second kappa shape index (κ2) is 6.35. The predicted molar refractivity (Wildman–Crippen MR) is 76.6 cm³/mol. The minimum atomic E-state index is -3.59. The van der Waals surface area contributed by atoms with Crippen molar-refractivity contribution in [1.82, 2.24) is 9.21 Å². The molecule has 1 saturated heterocycles. The second-order valence-corrected chi connectivity index (χ2v) is 7.00. The van der Waals surface area contributed by atoms with Crippen LogP contribution in [0, 0.1) is 11.3 Å². The van der Waals surface area contributed by atoms with Crippen LogP contribution in [-0.4, -0.2) is 50.8 Å². The number of sulfonamides is 1. The minimum Gasteiger partial charge on any atom is -0.302 e. The molecule has 0 radical (unpaired) electrons. The van der Waals surface area contributed by atoms with E-state index in [1.807, 2.05) is 6.07 Å². The smallest absolute Gasteiger partial charge is 0.244 e. The molecule has 5 nitrogen and oxygen atoms in total. The summed E-state index contributed by atoms with van der Waals surface area (Å²) in [5, 5.41) is 9.02. The summed E-state index contributed by atoms with van der Waals surface area (Å²) in [5.41, 5.74) is 0.195. The van der Waals surface area contributed by atoms with Crippen LogP contribution in [-0.2, 0) is 10.0 Å². The largest absolute Gasteiger partial charge is 0.302 e. The van der Waals surface area contributed by atoms with Gasteiger partial charge in [0.15, 0.2) is 0 Å². The van der Waals surface area contributed by atoms with Gasteiger partial charge in [0.1, 0.15) is 6.07 Å². The molecule has 20 heavy (non-hydrogen) atoms. The van der Waals surface area contributed by atoms with Gasteiger partial charge in [0, 0.05) is 20.1 Å². The lowest BCUT2D eigenvalue weighted by atomic mass is 10.2. The van der Waals surface area contributed by atoms with Crippen molar-refractivity contribution in [3.8, 4) is 6.07 Å². The van der Waals surface area contributed by atoms with Crippen molar-refractivity contribution >= 4 is 10.0 Å². The third kappa shape index (κ3) is 3.18. The predicted octanol–water partition coefficient (Wildman–Crippen LogP) is 1.27. The van der Waals surface area contributed by atoms with E-state index in [0.29, 0.717) is 6.54 Å². The van der Waals surface area contributed by atoms with Crippen molar-refractivity contribution in [3.63, 3.8) is 0 Å². The van der Waals surface area contributed by atoms with E-state index < -0.39 is 10.0 Å². The molecule has 0 N–H and O–H groups in total. The molecule has 1 aliphatic heterocycles. The van der Waals surface area contributed by atoms with E-state index >= 15 is 0 Å². The first-order valence-electron chi connectivity index (χ1n) is 6.73. The molecule has 108 valence electrons. The lowest BCUT2D eigenvalue weighted by molar-refractivity contribution is 0.310. The van der Waals surface area contributed by atoms with Crippen molar-refractivity contribution in [1.29, 1.82) is 5.26 Å². The van der Waals surface area contributed by atoms with Crippen LogP contribution in [0.25, 0.3) is 0 Å². The molecule has 0 amide bonds. The third-order valence-corrected chi connectivity index (χ3v) is 5.54.